The van der Waals surface area contributed by atoms with Crippen molar-refractivity contribution in [2.75, 3.05) is 5.32 Å². The number of aliphatic imine (C=N–C) groups is 1. The normalized spacial score (nSPS) is 13.2. The summed E-state index contributed by atoms with van der Waals surface area (Å²) in [7, 11) is 0. The molecule has 0 radical (unpaired) electrons. The van der Waals surface area contributed by atoms with E-state index in [0.29, 0.717) is 34.1 Å². The van der Waals surface area contributed by atoms with Crippen LogP contribution in [0.2, 0.25) is 0 Å². The first-order chi connectivity index (χ1) is 13.7. The number of rotatable bonds is 3. The molecule has 148 valence electrons. The van der Waals surface area contributed by atoms with Crippen molar-refractivity contribution < 1.29 is 18.0 Å². The lowest BCUT2D eigenvalue weighted by Crippen LogP contribution is -2.12. The molecule has 3 aromatic rings. The van der Waals surface area contributed by atoms with Gasteiger partial charge in [0.2, 0.25) is 0 Å². The summed E-state index contributed by atoms with van der Waals surface area (Å²) >= 11 is 1.39. The molecular weight excluding hydrogens is 399 g/mol. The predicted molar refractivity (Wildman–Crippen MR) is 107 cm³/mol. The molecule has 1 aliphatic rings. The number of thiazole rings is 1. The van der Waals surface area contributed by atoms with Crippen LogP contribution in [0, 0.1) is 13.8 Å². The number of carbonyl (C=O) groups excluding carboxylic acids is 1. The second-order valence-corrected chi connectivity index (χ2v) is 7.95. The first-order valence-electron chi connectivity index (χ1n) is 8.85. The number of nitrogens with zero attached hydrogens (tertiary/aromatic N) is 2. The molecule has 1 aliphatic heterocycles. The average Bonchev–Trinajstić information content (AvgIpc) is 3.24. The van der Waals surface area contributed by atoms with Gasteiger partial charge < -0.3 is 0 Å². The molecule has 2 aromatic carbocycles. The van der Waals surface area contributed by atoms with E-state index < -0.39 is 11.7 Å². The first-order valence-corrected chi connectivity index (χ1v) is 9.66. The highest BCUT2D eigenvalue weighted by Crippen LogP contribution is 2.35. The van der Waals surface area contributed by atoms with Crippen LogP contribution < -0.4 is 5.32 Å². The Kier molecular flexibility index (Phi) is 4.74. The largest absolute Gasteiger partial charge is 0.416 e. The van der Waals surface area contributed by atoms with Crippen molar-refractivity contribution in [3.8, 4) is 0 Å². The van der Waals surface area contributed by atoms with Crippen LogP contribution in [-0.2, 0) is 12.6 Å². The number of aryl methyl sites for hydroxylation is 2. The number of para-hydroxylation sites is 1. The Morgan fingerprint density at radius 1 is 1.14 bits per heavy atom. The number of hydrogen-bond acceptors (Lipinski definition) is 4. The summed E-state index contributed by atoms with van der Waals surface area (Å²) in [6, 6.07) is 10.3. The molecule has 1 N–H and O–H groups in total. The molecule has 1 aromatic heterocycles. The highest BCUT2D eigenvalue weighted by atomic mass is 32.1. The lowest BCUT2D eigenvalue weighted by molar-refractivity contribution is -0.137. The molecule has 1 amide bonds. The zero-order valence-corrected chi connectivity index (χ0v) is 16.4. The van der Waals surface area contributed by atoms with Gasteiger partial charge in [-0.3, -0.25) is 15.1 Å². The minimum Gasteiger partial charge on any atom is -0.298 e. The number of halogens is 3. The number of carbonyl (C=O) groups is 1. The van der Waals surface area contributed by atoms with Gasteiger partial charge in [0.1, 0.15) is 0 Å². The van der Waals surface area contributed by atoms with Crippen LogP contribution in [0.15, 0.2) is 47.5 Å². The van der Waals surface area contributed by atoms with E-state index in [9.17, 15) is 18.0 Å². The van der Waals surface area contributed by atoms with Crippen molar-refractivity contribution in [3.05, 3.63) is 75.3 Å². The molecule has 2 heterocycles. The number of amides is 1. The number of benzene rings is 2. The molecule has 0 bridgehead atoms. The van der Waals surface area contributed by atoms with Crippen LogP contribution in [-0.4, -0.2) is 16.6 Å². The van der Waals surface area contributed by atoms with Crippen LogP contribution in [0.5, 0.6) is 0 Å². The molecule has 0 unspecified atom stereocenters. The molecule has 4 nitrogen and oxygen atoms in total. The van der Waals surface area contributed by atoms with Crippen molar-refractivity contribution in [1.82, 2.24) is 4.98 Å². The van der Waals surface area contributed by atoms with E-state index in [0.717, 1.165) is 28.3 Å². The molecule has 0 saturated carbocycles. The molecule has 8 heteroatoms. The second-order valence-electron chi connectivity index (χ2n) is 6.74. The molecule has 4 rings (SSSR count). The third-order valence-corrected chi connectivity index (χ3v) is 5.73. The fourth-order valence-corrected chi connectivity index (χ4v) is 3.95. The maximum absolute atomic E-state index is 13.0. The smallest absolute Gasteiger partial charge is 0.298 e. The van der Waals surface area contributed by atoms with Gasteiger partial charge in [0.25, 0.3) is 5.91 Å². The van der Waals surface area contributed by atoms with E-state index in [2.05, 4.69) is 15.3 Å². The summed E-state index contributed by atoms with van der Waals surface area (Å²) in [4.78, 5) is 22.6. The van der Waals surface area contributed by atoms with Crippen LogP contribution in [0.25, 0.3) is 0 Å². The van der Waals surface area contributed by atoms with Gasteiger partial charge in [0.05, 0.1) is 28.2 Å². The van der Waals surface area contributed by atoms with Gasteiger partial charge >= 0.3 is 6.18 Å². The Morgan fingerprint density at radius 3 is 2.59 bits per heavy atom. The Balaban J connectivity index is 1.65. The Bertz CT molecular complexity index is 1130. The van der Waals surface area contributed by atoms with E-state index in [1.54, 1.807) is 18.2 Å². The van der Waals surface area contributed by atoms with Crippen LogP contribution >= 0.6 is 11.3 Å². The standard InChI is InChI=1S/C21H16F3N3OS/c1-11-12(2)29-20(25-11)27-19(28)16-8-4-6-14-10-17(26-18(14)16)13-5-3-7-15(9-13)21(22,23)24/h3-9H,10H2,1-2H3,(H,25,27,28). The number of aromatic nitrogens is 1. The predicted octanol–water partition coefficient (Wildman–Crippen LogP) is 5.71. The second kappa shape index (κ2) is 7.11. The van der Waals surface area contributed by atoms with E-state index in [4.69, 9.17) is 0 Å². The van der Waals surface area contributed by atoms with Gasteiger partial charge in [0.15, 0.2) is 5.13 Å². The summed E-state index contributed by atoms with van der Waals surface area (Å²) in [6.45, 7) is 3.79. The summed E-state index contributed by atoms with van der Waals surface area (Å²) < 4.78 is 39.1. The van der Waals surface area contributed by atoms with Crippen molar-refractivity contribution in [1.29, 1.82) is 0 Å². The fourth-order valence-electron chi connectivity index (χ4n) is 3.14. The number of nitrogens with one attached hydrogen (secondary N) is 1. The quantitative estimate of drug-likeness (QED) is 0.596. The van der Waals surface area contributed by atoms with Gasteiger partial charge in [0, 0.05) is 11.3 Å². The van der Waals surface area contributed by atoms with Crippen LogP contribution in [0.4, 0.5) is 24.0 Å². The molecule has 0 atom stereocenters. The van der Waals surface area contributed by atoms with Crippen LogP contribution in [0.3, 0.4) is 0 Å². The molecule has 0 saturated heterocycles. The van der Waals surface area contributed by atoms with Crippen molar-refractivity contribution in [2.24, 2.45) is 4.99 Å². The van der Waals surface area contributed by atoms with Crippen molar-refractivity contribution >= 4 is 33.8 Å². The van der Waals surface area contributed by atoms with Crippen molar-refractivity contribution in [2.45, 2.75) is 26.4 Å². The number of hydrogen-bond donors (Lipinski definition) is 1. The molecule has 0 spiro atoms. The first kappa shape index (κ1) is 19.3. The minimum atomic E-state index is -4.42. The molecule has 0 aliphatic carbocycles. The van der Waals surface area contributed by atoms with E-state index >= 15 is 0 Å². The topological polar surface area (TPSA) is 54.4 Å². The molecular formula is C21H16F3N3OS. The summed E-state index contributed by atoms with van der Waals surface area (Å²) in [6.07, 6.45) is -4.05. The number of fused-ring (bicyclic) bond motifs is 1. The third kappa shape index (κ3) is 3.80. The van der Waals surface area contributed by atoms with Gasteiger partial charge in [-0.15, -0.1) is 11.3 Å². The highest BCUT2D eigenvalue weighted by molar-refractivity contribution is 7.15. The van der Waals surface area contributed by atoms with Gasteiger partial charge in [-0.05, 0) is 43.2 Å². The van der Waals surface area contributed by atoms with E-state index in [1.165, 1.54) is 17.4 Å². The van der Waals surface area contributed by atoms with Crippen molar-refractivity contribution in [3.63, 3.8) is 0 Å². The molecule has 29 heavy (non-hydrogen) atoms. The minimum absolute atomic E-state index is 0.343. The van der Waals surface area contributed by atoms with Gasteiger partial charge in [-0.25, -0.2) is 4.98 Å². The lowest BCUT2D eigenvalue weighted by Gasteiger charge is -2.08. The Morgan fingerprint density at radius 2 is 1.90 bits per heavy atom. The average molecular weight is 415 g/mol. The van der Waals surface area contributed by atoms with Crippen LogP contribution in [0.1, 0.15) is 37.6 Å². The summed E-state index contributed by atoms with van der Waals surface area (Å²) in [5, 5.41) is 3.29. The lowest BCUT2D eigenvalue weighted by atomic mass is 10.0. The number of alkyl halides is 3. The maximum atomic E-state index is 13.0. The SMILES string of the molecule is Cc1nc(NC(=O)c2cccc3c2N=C(c2cccc(C(F)(F)F)c2)C3)sc1C. The van der Waals surface area contributed by atoms with Gasteiger partial charge in [-0.1, -0.05) is 24.3 Å². The van der Waals surface area contributed by atoms with Gasteiger partial charge in [-0.2, -0.15) is 13.2 Å². The zero-order valence-electron chi connectivity index (χ0n) is 15.6. The zero-order chi connectivity index (χ0) is 20.8. The summed E-state index contributed by atoms with van der Waals surface area (Å²) in [5.74, 6) is -0.343. The maximum Gasteiger partial charge on any atom is 0.416 e. The Labute approximate surface area is 169 Å². The monoisotopic (exact) mass is 415 g/mol. The Hall–Kier alpha value is -3.00. The fraction of sp³-hybridized carbons (Fsp3) is 0.190. The number of anilines is 1. The summed E-state index contributed by atoms with van der Waals surface area (Å²) in [5.41, 5.74) is 2.70. The van der Waals surface area contributed by atoms with E-state index in [-0.39, 0.29) is 5.91 Å². The third-order valence-electron chi connectivity index (χ3n) is 4.74. The van der Waals surface area contributed by atoms with E-state index in [1.807, 2.05) is 19.9 Å². The molecule has 0 fully saturated rings. The highest BCUT2D eigenvalue weighted by Gasteiger charge is 2.31.